The number of rotatable bonds is 3. The first-order valence-corrected chi connectivity index (χ1v) is 10.1. The van der Waals surface area contributed by atoms with Crippen molar-refractivity contribution in [3.05, 3.63) is 34.2 Å². The van der Waals surface area contributed by atoms with E-state index in [0.717, 1.165) is 23.5 Å². The number of imidazole rings is 1. The quantitative estimate of drug-likeness (QED) is 0.856. The monoisotopic (exact) mass is 389 g/mol. The Bertz CT molecular complexity index is 940. The predicted molar refractivity (Wildman–Crippen MR) is 112 cm³/mol. The smallest absolute Gasteiger partial charge is 0.307 e. The summed E-state index contributed by atoms with van der Waals surface area (Å²) in [5.74, 6) is 0.908. The van der Waals surface area contributed by atoms with Gasteiger partial charge >= 0.3 is 5.69 Å². The van der Waals surface area contributed by atoms with Crippen molar-refractivity contribution in [2.75, 3.05) is 0 Å². The van der Waals surface area contributed by atoms with E-state index in [1.54, 1.807) is 9.13 Å². The fourth-order valence-electron chi connectivity index (χ4n) is 7.60. The molecule has 4 nitrogen and oxygen atoms in total. The second kappa shape index (κ2) is 5.87. The number of nitrogens with one attached hydrogen (secondary N) is 1. The SMILES string of the molecule is Cl.Cn1c(=O)n(C)c2cc(CNC34CC5CC(C)(CC(C)(C5)C3)C4)ccc21. The van der Waals surface area contributed by atoms with Gasteiger partial charge in [0.15, 0.2) is 0 Å². The summed E-state index contributed by atoms with van der Waals surface area (Å²) < 4.78 is 3.49. The zero-order chi connectivity index (χ0) is 18.3. The molecule has 1 N–H and O–H groups in total. The van der Waals surface area contributed by atoms with Crippen molar-refractivity contribution in [1.82, 2.24) is 14.5 Å². The lowest BCUT2D eigenvalue weighted by molar-refractivity contribution is -0.118. The predicted octanol–water partition coefficient (Wildman–Crippen LogP) is 4.14. The van der Waals surface area contributed by atoms with Crippen LogP contribution in [0.2, 0.25) is 0 Å². The highest BCUT2D eigenvalue weighted by Gasteiger charge is 2.59. The summed E-state index contributed by atoms with van der Waals surface area (Å²) in [6.07, 6.45) is 8.30. The van der Waals surface area contributed by atoms with E-state index in [-0.39, 0.29) is 18.1 Å². The van der Waals surface area contributed by atoms with Gasteiger partial charge in [-0.15, -0.1) is 12.4 Å². The van der Waals surface area contributed by atoms with Crippen LogP contribution >= 0.6 is 12.4 Å². The van der Waals surface area contributed by atoms with E-state index in [4.69, 9.17) is 0 Å². The first-order valence-electron chi connectivity index (χ1n) is 10.1. The van der Waals surface area contributed by atoms with E-state index in [2.05, 4.69) is 37.4 Å². The van der Waals surface area contributed by atoms with Gasteiger partial charge in [-0.1, -0.05) is 19.9 Å². The summed E-state index contributed by atoms with van der Waals surface area (Å²) in [4.78, 5) is 12.2. The van der Waals surface area contributed by atoms with Crippen molar-refractivity contribution < 1.29 is 0 Å². The Morgan fingerprint density at radius 2 is 1.63 bits per heavy atom. The minimum Gasteiger partial charge on any atom is -0.307 e. The molecule has 2 atom stereocenters. The third-order valence-corrected chi connectivity index (χ3v) is 7.63. The first-order chi connectivity index (χ1) is 12.2. The molecule has 0 aliphatic heterocycles. The van der Waals surface area contributed by atoms with Crippen LogP contribution in [0.25, 0.3) is 11.0 Å². The van der Waals surface area contributed by atoms with Gasteiger partial charge in [0.05, 0.1) is 11.0 Å². The van der Waals surface area contributed by atoms with Crippen LogP contribution in [0.3, 0.4) is 0 Å². The zero-order valence-corrected chi connectivity index (χ0v) is 17.8. The summed E-state index contributed by atoms with van der Waals surface area (Å²) in [7, 11) is 3.71. The molecule has 2 aromatic rings. The Hall–Kier alpha value is -1.26. The Morgan fingerprint density at radius 1 is 1.00 bits per heavy atom. The molecule has 1 heterocycles. The highest BCUT2D eigenvalue weighted by atomic mass is 35.5. The van der Waals surface area contributed by atoms with E-state index in [1.165, 1.54) is 44.1 Å². The van der Waals surface area contributed by atoms with Crippen LogP contribution in [0.4, 0.5) is 0 Å². The number of nitrogens with zero attached hydrogens (tertiary/aromatic N) is 2. The van der Waals surface area contributed by atoms with Gasteiger partial charge < -0.3 is 5.32 Å². The first kappa shape index (κ1) is 19.1. The van der Waals surface area contributed by atoms with Crippen LogP contribution in [-0.2, 0) is 20.6 Å². The van der Waals surface area contributed by atoms with Crippen molar-refractivity contribution >= 4 is 23.4 Å². The lowest BCUT2D eigenvalue weighted by Gasteiger charge is -2.65. The molecule has 148 valence electrons. The molecule has 4 fully saturated rings. The average molecular weight is 390 g/mol. The molecule has 1 aromatic carbocycles. The maximum absolute atomic E-state index is 12.2. The van der Waals surface area contributed by atoms with E-state index in [1.807, 2.05) is 14.1 Å². The topological polar surface area (TPSA) is 39.0 Å². The summed E-state index contributed by atoms with van der Waals surface area (Å²) >= 11 is 0. The largest absolute Gasteiger partial charge is 0.328 e. The van der Waals surface area contributed by atoms with Crippen LogP contribution in [0.5, 0.6) is 0 Å². The number of aromatic nitrogens is 2. The summed E-state index contributed by atoms with van der Waals surface area (Å²) in [5.41, 5.74) is 4.76. The number of aryl methyl sites for hydroxylation is 2. The molecule has 4 saturated carbocycles. The van der Waals surface area contributed by atoms with Gasteiger partial charge in [-0.2, -0.15) is 0 Å². The third kappa shape index (κ3) is 2.87. The number of halogens is 1. The van der Waals surface area contributed by atoms with Crippen molar-refractivity contribution in [2.24, 2.45) is 30.8 Å². The summed E-state index contributed by atoms with van der Waals surface area (Å²) in [6, 6.07) is 6.46. The molecule has 2 unspecified atom stereocenters. The number of hydrogen-bond acceptors (Lipinski definition) is 2. The molecule has 0 radical (unpaired) electrons. The molecule has 4 bridgehead atoms. The van der Waals surface area contributed by atoms with E-state index in [9.17, 15) is 4.79 Å². The molecule has 0 saturated heterocycles. The second-order valence-corrected chi connectivity index (χ2v) is 10.5. The highest BCUT2D eigenvalue weighted by Crippen LogP contribution is 2.66. The van der Waals surface area contributed by atoms with E-state index in [0.29, 0.717) is 16.4 Å². The van der Waals surface area contributed by atoms with Crippen molar-refractivity contribution in [3.63, 3.8) is 0 Å². The van der Waals surface area contributed by atoms with Crippen LogP contribution < -0.4 is 11.0 Å². The van der Waals surface area contributed by atoms with Crippen LogP contribution in [0.1, 0.15) is 57.9 Å². The average Bonchev–Trinajstić information content (AvgIpc) is 2.74. The lowest BCUT2D eigenvalue weighted by Crippen LogP contribution is -2.63. The summed E-state index contributed by atoms with van der Waals surface area (Å²) in [5, 5.41) is 4.01. The maximum Gasteiger partial charge on any atom is 0.328 e. The second-order valence-electron chi connectivity index (χ2n) is 10.5. The van der Waals surface area contributed by atoms with Gasteiger partial charge in [-0.25, -0.2) is 4.79 Å². The van der Waals surface area contributed by atoms with Gasteiger partial charge in [0.2, 0.25) is 0 Å². The van der Waals surface area contributed by atoms with Gasteiger partial charge in [0.1, 0.15) is 0 Å². The third-order valence-electron chi connectivity index (χ3n) is 7.63. The molecular formula is C22H32ClN3O. The Morgan fingerprint density at radius 3 is 2.26 bits per heavy atom. The molecule has 0 amide bonds. The molecule has 27 heavy (non-hydrogen) atoms. The molecule has 0 spiro atoms. The molecular weight excluding hydrogens is 358 g/mol. The minimum absolute atomic E-state index is 0. The van der Waals surface area contributed by atoms with Crippen LogP contribution in [-0.4, -0.2) is 14.7 Å². The molecule has 4 aliphatic rings. The summed E-state index contributed by atoms with van der Waals surface area (Å²) in [6.45, 7) is 5.95. The molecule has 6 rings (SSSR count). The van der Waals surface area contributed by atoms with Crippen LogP contribution in [0.15, 0.2) is 23.0 Å². The highest BCUT2D eigenvalue weighted by molar-refractivity contribution is 5.85. The number of hydrogen-bond donors (Lipinski definition) is 1. The van der Waals surface area contributed by atoms with Gasteiger partial charge in [0, 0.05) is 26.2 Å². The van der Waals surface area contributed by atoms with Crippen LogP contribution in [0, 0.1) is 16.7 Å². The number of fused-ring (bicyclic) bond motifs is 1. The van der Waals surface area contributed by atoms with Crippen molar-refractivity contribution in [3.8, 4) is 0 Å². The minimum atomic E-state index is 0. The standard InChI is InChI=1S/C22H31N3O.ClH/c1-20-8-16-9-21(2,12-20)14-22(10-16,13-20)23-11-15-5-6-17-18(7-15)25(4)19(26)24(17)3;/h5-7,16,23H,8-14H2,1-4H3;1H. The Kier molecular flexibility index (Phi) is 4.15. The molecule has 5 heteroatoms. The Labute approximate surface area is 167 Å². The van der Waals surface area contributed by atoms with Gasteiger partial charge in [0.25, 0.3) is 0 Å². The van der Waals surface area contributed by atoms with Gasteiger partial charge in [-0.3, -0.25) is 9.13 Å². The zero-order valence-electron chi connectivity index (χ0n) is 17.0. The molecule has 1 aromatic heterocycles. The normalized spacial score (nSPS) is 37.0. The number of benzene rings is 1. The Balaban J connectivity index is 0.00000180. The van der Waals surface area contributed by atoms with Gasteiger partial charge in [-0.05, 0) is 73.0 Å². The fraction of sp³-hybridized carbons (Fsp3) is 0.682. The van der Waals surface area contributed by atoms with E-state index >= 15 is 0 Å². The van der Waals surface area contributed by atoms with Crippen molar-refractivity contribution in [1.29, 1.82) is 0 Å². The molecule has 4 aliphatic carbocycles. The lowest BCUT2D eigenvalue weighted by atomic mass is 9.43. The fourth-order valence-corrected chi connectivity index (χ4v) is 7.60. The maximum atomic E-state index is 12.2. The van der Waals surface area contributed by atoms with E-state index < -0.39 is 0 Å². The van der Waals surface area contributed by atoms with Crippen molar-refractivity contribution in [2.45, 2.75) is 64.5 Å².